The highest BCUT2D eigenvalue weighted by molar-refractivity contribution is 6.03. The zero-order chi connectivity index (χ0) is 19.1. The number of nitrogens with zero attached hydrogens (tertiary/aromatic N) is 2. The SMILES string of the molecule is CCOc1ccc(CCNC(=O)c2nn(C)cc2C(=O)O)cc1OCC. The molecule has 26 heavy (non-hydrogen) atoms. The summed E-state index contributed by atoms with van der Waals surface area (Å²) in [4.78, 5) is 23.3. The second-order valence-electron chi connectivity index (χ2n) is 5.52. The molecule has 140 valence electrons. The van der Waals surface area contributed by atoms with Gasteiger partial charge in [0.05, 0.1) is 13.2 Å². The normalized spacial score (nSPS) is 10.4. The van der Waals surface area contributed by atoms with Crippen LogP contribution in [0.4, 0.5) is 0 Å². The van der Waals surface area contributed by atoms with Crippen molar-refractivity contribution in [1.29, 1.82) is 0 Å². The number of amides is 1. The number of ether oxygens (including phenoxy) is 2. The van der Waals surface area contributed by atoms with Crippen LogP contribution in [0.15, 0.2) is 24.4 Å². The number of benzene rings is 1. The van der Waals surface area contributed by atoms with Crippen molar-refractivity contribution in [2.75, 3.05) is 19.8 Å². The highest BCUT2D eigenvalue weighted by Gasteiger charge is 2.20. The van der Waals surface area contributed by atoms with Crippen molar-refractivity contribution in [3.8, 4) is 11.5 Å². The fourth-order valence-electron chi connectivity index (χ4n) is 2.47. The minimum Gasteiger partial charge on any atom is -0.490 e. The molecule has 1 aromatic carbocycles. The molecule has 0 aliphatic rings. The van der Waals surface area contributed by atoms with E-state index < -0.39 is 11.9 Å². The Morgan fingerprint density at radius 2 is 1.88 bits per heavy atom. The summed E-state index contributed by atoms with van der Waals surface area (Å²) >= 11 is 0. The average molecular weight is 361 g/mol. The fraction of sp³-hybridized carbons (Fsp3) is 0.389. The van der Waals surface area contributed by atoms with Crippen LogP contribution in [0.25, 0.3) is 0 Å². The van der Waals surface area contributed by atoms with Gasteiger partial charge in [-0.3, -0.25) is 9.48 Å². The number of hydrogen-bond donors (Lipinski definition) is 2. The summed E-state index contributed by atoms with van der Waals surface area (Å²) < 4.78 is 12.4. The lowest BCUT2D eigenvalue weighted by Gasteiger charge is -2.12. The molecule has 0 fully saturated rings. The number of carbonyl (C=O) groups excluding carboxylic acids is 1. The number of hydrogen-bond acceptors (Lipinski definition) is 5. The number of nitrogens with one attached hydrogen (secondary N) is 1. The van der Waals surface area contributed by atoms with E-state index >= 15 is 0 Å². The second-order valence-corrected chi connectivity index (χ2v) is 5.52. The molecule has 2 rings (SSSR count). The third-order valence-electron chi connectivity index (χ3n) is 3.58. The summed E-state index contributed by atoms with van der Waals surface area (Å²) in [7, 11) is 1.57. The van der Waals surface area contributed by atoms with Gasteiger partial charge in [-0.2, -0.15) is 5.10 Å². The average Bonchev–Trinajstić information content (AvgIpc) is 3.00. The van der Waals surface area contributed by atoms with Crippen LogP contribution in [0.2, 0.25) is 0 Å². The van der Waals surface area contributed by atoms with Gasteiger partial charge in [-0.15, -0.1) is 0 Å². The smallest absolute Gasteiger partial charge is 0.339 e. The van der Waals surface area contributed by atoms with Gasteiger partial charge in [-0.05, 0) is 38.0 Å². The molecule has 1 amide bonds. The molecule has 0 spiro atoms. The highest BCUT2D eigenvalue weighted by Crippen LogP contribution is 2.28. The number of aromatic carboxylic acids is 1. The fourth-order valence-corrected chi connectivity index (χ4v) is 2.47. The molecule has 2 aromatic rings. The van der Waals surface area contributed by atoms with E-state index in [2.05, 4.69) is 10.4 Å². The van der Waals surface area contributed by atoms with Crippen molar-refractivity contribution in [2.45, 2.75) is 20.3 Å². The van der Waals surface area contributed by atoms with Crippen LogP contribution in [0.5, 0.6) is 11.5 Å². The molecule has 0 unspecified atom stereocenters. The Morgan fingerprint density at radius 1 is 1.19 bits per heavy atom. The Kier molecular flexibility index (Phi) is 6.60. The molecule has 8 nitrogen and oxygen atoms in total. The summed E-state index contributed by atoms with van der Waals surface area (Å²) in [6, 6.07) is 5.63. The monoisotopic (exact) mass is 361 g/mol. The molecule has 0 saturated heterocycles. The molecule has 8 heteroatoms. The Bertz CT molecular complexity index is 785. The number of rotatable bonds is 9. The highest BCUT2D eigenvalue weighted by atomic mass is 16.5. The van der Waals surface area contributed by atoms with Gasteiger partial charge < -0.3 is 19.9 Å². The molecular formula is C18H23N3O5. The van der Waals surface area contributed by atoms with Crippen molar-refractivity contribution >= 4 is 11.9 Å². The predicted molar refractivity (Wildman–Crippen MR) is 95.0 cm³/mol. The lowest BCUT2D eigenvalue weighted by Crippen LogP contribution is -2.27. The second kappa shape index (κ2) is 8.89. The van der Waals surface area contributed by atoms with Crippen LogP contribution in [0.1, 0.15) is 40.3 Å². The van der Waals surface area contributed by atoms with Gasteiger partial charge in [0.2, 0.25) is 0 Å². The molecule has 0 aliphatic heterocycles. The molecular weight excluding hydrogens is 338 g/mol. The first kappa shape index (κ1) is 19.3. The van der Waals surface area contributed by atoms with Crippen LogP contribution in [0, 0.1) is 0 Å². The number of carboxylic acid groups (broad SMARTS) is 1. The zero-order valence-corrected chi connectivity index (χ0v) is 15.1. The first-order chi connectivity index (χ1) is 12.5. The lowest BCUT2D eigenvalue weighted by molar-refractivity contribution is 0.0691. The number of carbonyl (C=O) groups is 2. The summed E-state index contributed by atoms with van der Waals surface area (Å²) in [6.45, 7) is 5.22. The van der Waals surface area contributed by atoms with Crippen molar-refractivity contribution in [2.24, 2.45) is 7.05 Å². The Hall–Kier alpha value is -3.03. The van der Waals surface area contributed by atoms with Gasteiger partial charge in [0, 0.05) is 19.8 Å². The summed E-state index contributed by atoms with van der Waals surface area (Å²) in [5.41, 5.74) is 0.753. The minimum absolute atomic E-state index is 0.0956. The first-order valence-electron chi connectivity index (χ1n) is 8.39. The van der Waals surface area contributed by atoms with E-state index in [1.165, 1.54) is 10.9 Å². The Labute approximate surface area is 151 Å². The first-order valence-corrected chi connectivity index (χ1v) is 8.39. The third kappa shape index (κ3) is 4.75. The minimum atomic E-state index is -1.18. The van der Waals surface area contributed by atoms with Crippen LogP contribution in [0.3, 0.4) is 0 Å². The zero-order valence-electron chi connectivity index (χ0n) is 15.1. The standard InChI is InChI=1S/C18H23N3O5/c1-4-25-14-7-6-12(10-15(14)26-5-2)8-9-19-17(22)16-13(18(23)24)11-21(3)20-16/h6-7,10-11H,4-5,8-9H2,1-3H3,(H,19,22)(H,23,24). The number of aryl methyl sites for hydroxylation is 1. The quantitative estimate of drug-likeness (QED) is 0.707. The molecule has 0 radical (unpaired) electrons. The van der Waals surface area contributed by atoms with Crippen molar-refractivity contribution < 1.29 is 24.2 Å². The predicted octanol–water partition coefficient (Wildman–Crippen LogP) is 1.89. The molecule has 2 N–H and O–H groups in total. The Balaban J connectivity index is 2.00. The summed E-state index contributed by atoms with van der Waals surface area (Å²) in [6.07, 6.45) is 1.87. The van der Waals surface area contributed by atoms with Gasteiger partial charge >= 0.3 is 5.97 Å². The Morgan fingerprint density at radius 3 is 2.54 bits per heavy atom. The molecule has 1 heterocycles. The van der Waals surface area contributed by atoms with Crippen molar-refractivity contribution in [3.63, 3.8) is 0 Å². The largest absolute Gasteiger partial charge is 0.490 e. The maximum Gasteiger partial charge on any atom is 0.339 e. The van der Waals surface area contributed by atoms with Gasteiger partial charge in [0.1, 0.15) is 5.56 Å². The van der Waals surface area contributed by atoms with Crippen LogP contribution < -0.4 is 14.8 Å². The van der Waals surface area contributed by atoms with E-state index in [-0.39, 0.29) is 11.3 Å². The van der Waals surface area contributed by atoms with Crippen molar-refractivity contribution in [3.05, 3.63) is 41.2 Å². The summed E-state index contributed by atoms with van der Waals surface area (Å²) in [5.74, 6) is -0.354. The lowest BCUT2D eigenvalue weighted by atomic mass is 10.1. The maximum atomic E-state index is 12.2. The van der Waals surface area contributed by atoms with E-state index in [9.17, 15) is 9.59 Å². The van der Waals surface area contributed by atoms with Crippen LogP contribution in [-0.2, 0) is 13.5 Å². The molecule has 0 aliphatic carbocycles. The van der Waals surface area contributed by atoms with E-state index in [4.69, 9.17) is 14.6 Å². The third-order valence-corrected chi connectivity index (χ3v) is 3.58. The van der Waals surface area contributed by atoms with E-state index in [1.54, 1.807) is 7.05 Å². The van der Waals surface area contributed by atoms with E-state index in [0.717, 1.165) is 5.56 Å². The van der Waals surface area contributed by atoms with Gasteiger partial charge in [0.15, 0.2) is 17.2 Å². The maximum absolute atomic E-state index is 12.2. The molecule has 0 bridgehead atoms. The topological polar surface area (TPSA) is 103 Å². The van der Waals surface area contributed by atoms with Gasteiger partial charge in [0.25, 0.3) is 5.91 Å². The number of carboxylic acids is 1. The van der Waals surface area contributed by atoms with Crippen LogP contribution in [-0.4, -0.2) is 46.5 Å². The van der Waals surface area contributed by atoms with Gasteiger partial charge in [-0.25, -0.2) is 4.79 Å². The number of aromatic nitrogens is 2. The molecule has 0 saturated carbocycles. The van der Waals surface area contributed by atoms with E-state index in [0.29, 0.717) is 37.7 Å². The molecule has 0 atom stereocenters. The van der Waals surface area contributed by atoms with Crippen LogP contribution >= 0.6 is 0 Å². The van der Waals surface area contributed by atoms with Crippen molar-refractivity contribution in [1.82, 2.24) is 15.1 Å². The summed E-state index contributed by atoms with van der Waals surface area (Å²) in [5, 5.41) is 15.7. The van der Waals surface area contributed by atoms with E-state index in [1.807, 2.05) is 32.0 Å². The van der Waals surface area contributed by atoms with Gasteiger partial charge in [-0.1, -0.05) is 6.07 Å². The molecule has 1 aromatic heterocycles.